The van der Waals surface area contributed by atoms with E-state index in [2.05, 4.69) is 5.32 Å². The van der Waals surface area contributed by atoms with Crippen LogP contribution in [0.5, 0.6) is 0 Å². The first-order chi connectivity index (χ1) is 12.9. The lowest BCUT2D eigenvalue weighted by Crippen LogP contribution is -2.46. The van der Waals surface area contributed by atoms with Crippen molar-refractivity contribution in [3.05, 3.63) is 65.7 Å². The molecule has 1 saturated heterocycles. The zero-order valence-corrected chi connectivity index (χ0v) is 16.4. The Hall–Kier alpha value is -2.18. The highest BCUT2D eigenvalue weighted by Crippen LogP contribution is 2.21. The van der Waals surface area contributed by atoms with E-state index in [0.29, 0.717) is 43.7 Å². The number of piperidine rings is 1. The van der Waals surface area contributed by atoms with Crippen molar-refractivity contribution in [2.45, 2.75) is 43.5 Å². The first-order valence-electron chi connectivity index (χ1n) is 9.35. The van der Waals surface area contributed by atoms with E-state index in [9.17, 15) is 13.2 Å². The van der Waals surface area contributed by atoms with E-state index in [1.807, 2.05) is 49.4 Å². The molecule has 0 atom stereocenters. The molecule has 27 heavy (non-hydrogen) atoms. The fourth-order valence-electron chi connectivity index (χ4n) is 3.30. The van der Waals surface area contributed by atoms with Gasteiger partial charge in [-0.2, -0.15) is 4.31 Å². The fraction of sp³-hybridized carbons (Fsp3) is 0.381. The molecule has 6 heteroatoms. The number of benzene rings is 2. The minimum atomic E-state index is -3.46. The molecule has 3 rings (SSSR count). The topological polar surface area (TPSA) is 66.5 Å². The van der Waals surface area contributed by atoms with Crippen LogP contribution in [0.1, 0.15) is 30.4 Å². The number of carbonyl (C=O) groups is 1. The molecule has 1 heterocycles. The van der Waals surface area contributed by atoms with Crippen LogP contribution in [0.15, 0.2) is 59.5 Å². The zero-order valence-electron chi connectivity index (χ0n) is 15.6. The van der Waals surface area contributed by atoms with Crippen LogP contribution < -0.4 is 5.32 Å². The molecule has 0 spiro atoms. The second-order valence-electron chi connectivity index (χ2n) is 7.04. The Morgan fingerprint density at radius 1 is 1.04 bits per heavy atom. The monoisotopic (exact) mass is 386 g/mol. The minimum Gasteiger partial charge on any atom is -0.353 e. The van der Waals surface area contributed by atoms with Gasteiger partial charge in [0, 0.05) is 25.6 Å². The lowest BCUT2D eigenvalue weighted by atomic mass is 10.1. The van der Waals surface area contributed by atoms with Crippen LogP contribution in [0, 0.1) is 6.92 Å². The number of rotatable bonds is 6. The van der Waals surface area contributed by atoms with Crippen LogP contribution in [0.4, 0.5) is 0 Å². The van der Waals surface area contributed by atoms with Crippen molar-refractivity contribution in [1.29, 1.82) is 0 Å². The smallest absolute Gasteiger partial charge is 0.243 e. The number of hydrogen-bond acceptors (Lipinski definition) is 3. The number of carbonyl (C=O) groups excluding carboxylic acids is 1. The molecule has 0 aliphatic carbocycles. The standard InChI is InChI=1S/C21H26N2O3S/c1-17-7-10-20(11-8-17)27(25,26)23-15-13-19(14-16-23)22-21(24)12-9-18-5-3-2-4-6-18/h2-8,10-11,19H,9,12-16H2,1H3,(H,22,24). The van der Waals surface area contributed by atoms with E-state index in [-0.39, 0.29) is 11.9 Å². The predicted octanol–water partition coefficient (Wildman–Crippen LogP) is 2.90. The van der Waals surface area contributed by atoms with E-state index in [1.165, 1.54) is 4.31 Å². The average molecular weight is 387 g/mol. The van der Waals surface area contributed by atoms with Gasteiger partial charge in [-0.3, -0.25) is 4.79 Å². The summed E-state index contributed by atoms with van der Waals surface area (Å²) in [6.07, 6.45) is 2.45. The van der Waals surface area contributed by atoms with E-state index in [4.69, 9.17) is 0 Å². The number of nitrogens with zero attached hydrogens (tertiary/aromatic N) is 1. The van der Waals surface area contributed by atoms with Gasteiger partial charge in [-0.25, -0.2) is 8.42 Å². The first kappa shape index (κ1) is 19.6. The zero-order chi connectivity index (χ0) is 19.3. The van der Waals surface area contributed by atoms with Crippen molar-refractivity contribution >= 4 is 15.9 Å². The summed E-state index contributed by atoms with van der Waals surface area (Å²) in [6, 6.07) is 16.9. The van der Waals surface area contributed by atoms with Gasteiger partial charge in [-0.05, 0) is 43.9 Å². The van der Waals surface area contributed by atoms with Gasteiger partial charge in [0.15, 0.2) is 0 Å². The molecule has 2 aromatic carbocycles. The molecule has 144 valence electrons. The Morgan fingerprint density at radius 2 is 1.67 bits per heavy atom. The molecular weight excluding hydrogens is 360 g/mol. The predicted molar refractivity (Wildman–Crippen MR) is 106 cm³/mol. The van der Waals surface area contributed by atoms with Gasteiger partial charge < -0.3 is 5.32 Å². The van der Waals surface area contributed by atoms with Gasteiger partial charge in [-0.1, -0.05) is 48.0 Å². The molecule has 1 fully saturated rings. The summed E-state index contributed by atoms with van der Waals surface area (Å²) in [5.74, 6) is 0.0266. The summed E-state index contributed by atoms with van der Waals surface area (Å²) in [7, 11) is -3.46. The van der Waals surface area contributed by atoms with Gasteiger partial charge in [0.05, 0.1) is 4.90 Å². The summed E-state index contributed by atoms with van der Waals surface area (Å²) in [6.45, 7) is 2.79. The summed E-state index contributed by atoms with van der Waals surface area (Å²) in [5.41, 5.74) is 2.18. The van der Waals surface area contributed by atoms with Crippen molar-refractivity contribution in [3.63, 3.8) is 0 Å². The molecular formula is C21H26N2O3S. The Morgan fingerprint density at radius 3 is 2.30 bits per heavy atom. The maximum absolute atomic E-state index is 12.7. The normalized spacial score (nSPS) is 16.2. The lowest BCUT2D eigenvalue weighted by molar-refractivity contribution is -0.122. The molecule has 0 bridgehead atoms. The number of nitrogens with one attached hydrogen (secondary N) is 1. The summed E-state index contributed by atoms with van der Waals surface area (Å²) in [5, 5.41) is 3.05. The second kappa shape index (κ2) is 8.67. The van der Waals surface area contributed by atoms with Crippen LogP contribution in [-0.2, 0) is 21.2 Å². The van der Waals surface area contributed by atoms with Crippen molar-refractivity contribution in [1.82, 2.24) is 9.62 Å². The molecule has 0 unspecified atom stereocenters. The Bertz CT molecular complexity index is 856. The Kier molecular flexibility index (Phi) is 6.29. The highest BCUT2D eigenvalue weighted by molar-refractivity contribution is 7.89. The molecule has 0 aromatic heterocycles. The van der Waals surface area contributed by atoms with E-state index in [0.717, 1.165) is 11.1 Å². The average Bonchev–Trinajstić information content (AvgIpc) is 2.68. The van der Waals surface area contributed by atoms with Crippen molar-refractivity contribution in [2.75, 3.05) is 13.1 Å². The number of aryl methyl sites for hydroxylation is 2. The molecule has 1 N–H and O–H groups in total. The van der Waals surface area contributed by atoms with Gasteiger partial charge in [-0.15, -0.1) is 0 Å². The van der Waals surface area contributed by atoms with Crippen LogP contribution in [0.25, 0.3) is 0 Å². The minimum absolute atomic E-state index is 0.0266. The molecule has 1 amide bonds. The molecule has 2 aromatic rings. The van der Waals surface area contributed by atoms with Crippen LogP contribution >= 0.6 is 0 Å². The number of amides is 1. The highest BCUT2D eigenvalue weighted by Gasteiger charge is 2.29. The lowest BCUT2D eigenvalue weighted by Gasteiger charge is -2.31. The third-order valence-corrected chi connectivity index (χ3v) is 6.87. The number of hydrogen-bond donors (Lipinski definition) is 1. The molecule has 0 saturated carbocycles. The fourth-order valence-corrected chi connectivity index (χ4v) is 4.77. The van der Waals surface area contributed by atoms with Gasteiger partial charge in [0.1, 0.15) is 0 Å². The van der Waals surface area contributed by atoms with Crippen molar-refractivity contribution < 1.29 is 13.2 Å². The van der Waals surface area contributed by atoms with Crippen LogP contribution in [0.3, 0.4) is 0 Å². The van der Waals surface area contributed by atoms with Crippen LogP contribution in [0.2, 0.25) is 0 Å². The Balaban J connectivity index is 1.48. The Labute approximate surface area is 161 Å². The largest absolute Gasteiger partial charge is 0.353 e. The second-order valence-corrected chi connectivity index (χ2v) is 8.98. The van der Waals surface area contributed by atoms with Crippen molar-refractivity contribution in [2.24, 2.45) is 0 Å². The SMILES string of the molecule is Cc1ccc(S(=O)(=O)N2CCC(NC(=O)CCc3ccccc3)CC2)cc1. The van der Waals surface area contributed by atoms with Crippen LogP contribution in [-0.4, -0.2) is 37.8 Å². The highest BCUT2D eigenvalue weighted by atomic mass is 32.2. The van der Waals surface area contributed by atoms with Gasteiger partial charge in [0.25, 0.3) is 0 Å². The third-order valence-electron chi connectivity index (χ3n) is 4.96. The maximum atomic E-state index is 12.7. The van der Waals surface area contributed by atoms with E-state index >= 15 is 0 Å². The third kappa shape index (κ3) is 5.17. The maximum Gasteiger partial charge on any atom is 0.243 e. The van der Waals surface area contributed by atoms with E-state index < -0.39 is 10.0 Å². The summed E-state index contributed by atoms with van der Waals surface area (Å²) >= 11 is 0. The molecule has 1 aliphatic heterocycles. The van der Waals surface area contributed by atoms with E-state index in [1.54, 1.807) is 12.1 Å². The summed E-state index contributed by atoms with van der Waals surface area (Å²) < 4.78 is 27.0. The van der Waals surface area contributed by atoms with Gasteiger partial charge >= 0.3 is 0 Å². The first-order valence-corrected chi connectivity index (χ1v) is 10.8. The summed E-state index contributed by atoms with van der Waals surface area (Å²) in [4.78, 5) is 12.5. The molecule has 1 aliphatic rings. The molecule has 0 radical (unpaired) electrons. The van der Waals surface area contributed by atoms with Crippen molar-refractivity contribution in [3.8, 4) is 0 Å². The number of sulfonamides is 1. The van der Waals surface area contributed by atoms with Gasteiger partial charge in [0.2, 0.25) is 15.9 Å². The quantitative estimate of drug-likeness (QED) is 0.830. The molecule has 5 nitrogen and oxygen atoms in total.